The summed E-state index contributed by atoms with van der Waals surface area (Å²) in [7, 11) is 0. The predicted octanol–water partition coefficient (Wildman–Crippen LogP) is 4.92. The van der Waals surface area contributed by atoms with Gasteiger partial charge in [-0.1, -0.05) is 35.0 Å². The smallest absolute Gasteiger partial charge is 0.229 e. The maximum Gasteiger partial charge on any atom is 0.229 e. The minimum atomic E-state index is -0.199. The number of carbonyl (C=O) groups excluding carboxylic acids is 1. The number of para-hydroxylation sites is 1. The molecule has 25 heavy (non-hydrogen) atoms. The number of nitrogens with zero attached hydrogens (tertiary/aromatic N) is 1. The molecule has 0 unspecified atom stereocenters. The number of hydrogen-bond acceptors (Lipinski definition) is 4. The minimum Gasteiger partial charge on any atom is -0.455 e. The Morgan fingerprint density at radius 1 is 1.20 bits per heavy atom. The number of amides is 1. The Morgan fingerprint density at radius 2 is 1.96 bits per heavy atom. The molecule has 0 radical (unpaired) electrons. The van der Waals surface area contributed by atoms with Crippen molar-refractivity contribution in [2.75, 3.05) is 5.32 Å². The molecule has 0 spiro atoms. The van der Waals surface area contributed by atoms with Crippen LogP contribution in [-0.2, 0) is 11.2 Å². The molecule has 0 saturated carbocycles. The Labute approximate surface area is 150 Å². The van der Waals surface area contributed by atoms with Crippen LogP contribution in [0.15, 0.2) is 53.1 Å². The number of benzene rings is 2. The summed E-state index contributed by atoms with van der Waals surface area (Å²) in [5.41, 5.74) is 2.00. The van der Waals surface area contributed by atoms with E-state index in [2.05, 4.69) is 10.5 Å². The van der Waals surface area contributed by atoms with Gasteiger partial charge >= 0.3 is 0 Å². The number of carbonyl (C=O) groups is 1. The van der Waals surface area contributed by atoms with E-state index in [4.69, 9.17) is 20.9 Å². The number of nitrogens with one attached hydrogen (secondary N) is 1. The number of hydrogen-bond donors (Lipinski definition) is 1. The van der Waals surface area contributed by atoms with E-state index < -0.39 is 0 Å². The summed E-state index contributed by atoms with van der Waals surface area (Å²) in [5.74, 6) is 1.63. The molecule has 128 valence electrons. The molecular formula is C19H17ClN2O3. The molecule has 0 aliphatic rings. The van der Waals surface area contributed by atoms with Crippen molar-refractivity contribution in [2.24, 2.45) is 0 Å². The van der Waals surface area contributed by atoms with Crippen LogP contribution in [0.1, 0.15) is 17.0 Å². The lowest BCUT2D eigenvalue weighted by Gasteiger charge is -2.13. The fraction of sp³-hybridized carbons (Fsp3) is 0.158. The first-order valence-electron chi connectivity index (χ1n) is 7.77. The van der Waals surface area contributed by atoms with Gasteiger partial charge in [0.25, 0.3) is 0 Å². The van der Waals surface area contributed by atoms with Crippen molar-refractivity contribution in [1.29, 1.82) is 0 Å². The number of anilines is 1. The van der Waals surface area contributed by atoms with Crippen LogP contribution in [0.2, 0.25) is 5.02 Å². The van der Waals surface area contributed by atoms with Gasteiger partial charge in [-0.25, -0.2) is 0 Å². The molecule has 1 aromatic heterocycles. The van der Waals surface area contributed by atoms with Crippen LogP contribution in [0, 0.1) is 13.8 Å². The van der Waals surface area contributed by atoms with Crippen LogP contribution in [0.5, 0.6) is 11.5 Å². The highest BCUT2D eigenvalue weighted by molar-refractivity contribution is 6.31. The third-order valence-electron chi connectivity index (χ3n) is 3.71. The van der Waals surface area contributed by atoms with Gasteiger partial charge in [0.2, 0.25) is 5.91 Å². The van der Waals surface area contributed by atoms with Gasteiger partial charge in [0.1, 0.15) is 11.5 Å². The molecule has 0 fully saturated rings. The summed E-state index contributed by atoms with van der Waals surface area (Å²) in [6.45, 7) is 3.59. The van der Waals surface area contributed by atoms with Gasteiger partial charge in [-0.05, 0) is 44.2 Å². The second-order valence-corrected chi connectivity index (χ2v) is 6.02. The maximum atomic E-state index is 12.4. The lowest BCUT2D eigenvalue weighted by Crippen LogP contribution is -2.15. The summed E-state index contributed by atoms with van der Waals surface area (Å²) >= 11 is 6.06. The summed E-state index contributed by atoms with van der Waals surface area (Å²) in [5, 5.41) is 7.22. The third-order valence-corrected chi connectivity index (χ3v) is 3.94. The van der Waals surface area contributed by atoms with Crippen molar-refractivity contribution < 1.29 is 14.1 Å². The highest BCUT2D eigenvalue weighted by Crippen LogP contribution is 2.32. The Balaban J connectivity index is 1.79. The molecule has 1 heterocycles. The van der Waals surface area contributed by atoms with Crippen LogP contribution in [0.3, 0.4) is 0 Å². The Morgan fingerprint density at radius 3 is 2.64 bits per heavy atom. The average molecular weight is 357 g/mol. The Hall–Kier alpha value is -2.79. The highest BCUT2D eigenvalue weighted by atomic mass is 35.5. The zero-order valence-electron chi connectivity index (χ0n) is 13.9. The fourth-order valence-electron chi connectivity index (χ4n) is 2.41. The molecule has 5 nitrogen and oxygen atoms in total. The molecule has 3 aromatic rings. The van der Waals surface area contributed by atoms with Crippen LogP contribution >= 0.6 is 11.6 Å². The topological polar surface area (TPSA) is 64.4 Å². The molecule has 6 heteroatoms. The lowest BCUT2D eigenvalue weighted by molar-refractivity contribution is -0.115. The monoisotopic (exact) mass is 356 g/mol. The maximum absolute atomic E-state index is 12.4. The number of halogens is 1. The van der Waals surface area contributed by atoms with Crippen molar-refractivity contribution in [2.45, 2.75) is 20.3 Å². The average Bonchev–Trinajstić information content (AvgIpc) is 2.90. The normalized spacial score (nSPS) is 10.5. The zero-order valence-corrected chi connectivity index (χ0v) is 14.6. The summed E-state index contributed by atoms with van der Waals surface area (Å²) in [6.07, 6.45) is 0.165. The third kappa shape index (κ3) is 4.19. The molecule has 1 N–H and O–H groups in total. The Bertz CT molecular complexity index is 871. The van der Waals surface area contributed by atoms with Crippen LogP contribution < -0.4 is 10.1 Å². The molecule has 0 atom stereocenters. The van der Waals surface area contributed by atoms with E-state index in [1.807, 2.05) is 37.3 Å². The van der Waals surface area contributed by atoms with E-state index in [0.717, 1.165) is 5.56 Å². The first-order chi connectivity index (χ1) is 12.0. The summed E-state index contributed by atoms with van der Waals surface area (Å²) in [6, 6.07) is 14.4. The first-order valence-corrected chi connectivity index (χ1v) is 8.15. The molecule has 0 aliphatic carbocycles. The van der Waals surface area contributed by atoms with E-state index >= 15 is 0 Å². The summed E-state index contributed by atoms with van der Waals surface area (Å²) in [4.78, 5) is 12.4. The van der Waals surface area contributed by atoms with Gasteiger partial charge < -0.3 is 14.6 Å². The largest absolute Gasteiger partial charge is 0.455 e. The van der Waals surface area contributed by atoms with Gasteiger partial charge in [0.15, 0.2) is 5.75 Å². The molecule has 0 aliphatic heterocycles. The number of aryl methyl sites for hydroxylation is 2. The van der Waals surface area contributed by atoms with E-state index in [9.17, 15) is 4.79 Å². The van der Waals surface area contributed by atoms with Gasteiger partial charge in [-0.15, -0.1) is 0 Å². The number of aromatic nitrogens is 1. The van der Waals surface area contributed by atoms with Gasteiger partial charge in [0, 0.05) is 10.6 Å². The molecule has 3 rings (SSSR count). The van der Waals surface area contributed by atoms with Crippen molar-refractivity contribution in [3.63, 3.8) is 0 Å². The molecule has 2 aromatic carbocycles. The van der Waals surface area contributed by atoms with Crippen molar-refractivity contribution in [3.8, 4) is 11.5 Å². The van der Waals surface area contributed by atoms with Crippen molar-refractivity contribution >= 4 is 23.2 Å². The second-order valence-electron chi connectivity index (χ2n) is 5.58. The second kappa shape index (κ2) is 7.40. The van der Waals surface area contributed by atoms with Gasteiger partial charge in [-0.2, -0.15) is 0 Å². The van der Waals surface area contributed by atoms with E-state index in [0.29, 0.717) is 33.7 Å². The summed E-state index contributed by atoms with van der Waals surface area (Å²) < 4.78 is 10.9. The highest BCUT2D eigenvalue weighted by Gasteiger charge is 2.15. The number of ether oxygens (including phenoxy) is 1. The molecule has 0 saturated heterocycles. The van der Waals surface area contributed by atoms with E-state index in [1.165, 1.54) is 0 Å². The predicted molar refractivity (Wildman–Crippen MR) is 96.3 cm³/mol. The van der Waals surface area contributed by atoms with Gasteiger partial charge in [-0.3, -0.25) is 4.79 Å². The first kappa shape index (κ1) is 17.0. The van der Waals surface area contributed by atoms with Crippen molar-refractivity contribution in [1.82, 2.24) is 5.16 Å². The SMILES string of the molecule is Cc1noc(C)c1CC(=O)Nc1cc(Cl)ccc1Oc1ccccc1. The molecule has 0 bridgehead atoms. The number of rotatable bonds is 5. The van der Waals surface area contributed by atoms with Crippen molar-refractivity contribution in [3.05, 3.63) is 70.6 Å². The van der Waals surface area contributed by atoms with Gasteiger partial charge in [0.05, 0.1) is 17.8 Å². The Kier molecular flexibility index (Phi) is 5.05. The molecular weight excluding hydrogens is 340 g/mol. The standard InChI is InChI=1S/C19H17ClN2O3/c1-12-16(13(2)25-22-12)11-19(23)21-17-10-14(20)8-9-18(17)24-15-6-4-3-5-7-15/h3-10H,11H2,1-2H3,(H,21,23). The fourth-order valence-corrected chi connectivity index (χ4v) is 2.59. The zero-order chi connectivity index (χ0) is 17.8. The van der Waals surface area contributed by atoms with E-state index in [-0.39, 0.29) is 12.3 Å². The molecule has 1 amide bonds. The van der Waals surface area contributed by atoms with Crippen LogP contribution in [0.25, 0.3) is 0 Å². The lowest BCUT2D eigenvalue weighted by atomic mass is 10.1. The van der Waals surface area contributed by atoms with Crippen LogP contribution in [-0.4, -0.2) is 11.1 Å². The van der Waals surface area contributed by atoms with Crippen LogP contribution in [0.4, 0.5) is 5.69 Å². The minimum absolute atomic E-state index is 0.165. The quantitative estimate of drug-likeness (QED) is 0.704. The van der Waals surface area contributed by atoms with E-state index in [1.54, 1.807) is 25.1 Å².